The number of carbonyl (C=O) groups is 1. The van der Waals surface area contributed by atoms with E-state index in [4.69, 9.17) is 16.3 Å². The number of rotatable bonds is 5. The Balaban J connectivity index is 1.69. The number of nitrogens with one attached hydrogen (secondary N) is 1. The highest BCUT2D eigenvalue weighted by Gasteiger charge is 2.22. The highest BCUT2D eigenvalue weighted by atomic mass is 35.5. The summed E-state index contributed by atoms with van der Waals surface area (Å²) in [4.78, 5) is 16.7. The molecule has 1 saturated heterocycles. The first-order valence-electron chi connectivity index (χ1n) is 8.98. The van der Waals surface area contributed by atoms with Crippen molar-refractivity contribution in [1.82, 2.24) is 20.0 Å². The summed E-state index contributed by atoms with van der Waals surface area (Å²) >= 11 is 6.13. The van der Waals surface area contributed by atoms with E-state index in [1.165, 1.54) is 0 Å². The summed E-state index contributed by atoms with van der Waals surface area (Å²) < 4.78 is 5.35. The van der Waals surface area contributed by atoms with Gasteiger partial charge < -0.3 is 19.9 Å². The van der Waals surface area contributed by atoms with Crippen LogP contribution in [0.1, 0.15) is 23.0 Å². The fourth-order valence-electron chi connectivity index (χ4n) is 3.01. The first-order valence-corrected chi connectivity index (χ1v) is 9.36. The zero-order valence-corrected chi connectivity index (χ0v) is 16.6. The van der Waals surface area contributed by atoms with Gasteiger partial charge in [0.1, 0.15) is 5.75 Å². The molecule has 0 spiro atoms. The molecule has 1 fully saturated rings. The number of amides is 1. The molecule has 27 heavy (non-hydrogen) atoms. The van der Waals surface area contributed by atoms with Crippen LogP contribution in [0.5, 0.6) is 5.75 Å². The molecular formula is C19H24ClN5O2. The number of aromatic nitrogens is 2. The third kappa shape index (κ3) is 4.48. The zero-order chi connectivity index (χ0) is 19.4. The van der Waals surface area contributed by atoms with Crippen LogP contribution in [0.4, 0.5) is 11.5 Å². The molecule has 144 valence electrons. The molecule has 1 amide bonds. The quantitative estimate of drug-likeness (QED) is 0.847. The highest BCUT2D eigenvalue weighted by molar-refractivity contribution is 6.31. The number of anilines is 2. The fraction of sp³-hybridized carbons (Fsp3) is 0.421. The number of aryl methyl sites for hydroxylation is 1. The molecule has 0 atom stereocenters. The number of likely N-dealkylation sites (N-methyl/N-ethyl adjacent to an activating group) is 1. The Kier molecular flexibility index (Phi) is 6.13. The lowest BCUT2D eigenvalue weighted by atomic mass is 10.2. The Bertz CT molecular complexity index is 804. The molecule has 3 rings (SSSR count). The van der Waals surface area contributed by atoms with Gasteiger partial charge in [0.15, 0.2) is 11.5 Å². The van der Waals surface area contributed by atoms with Gasteiger partial charge in [0, 0.05) is 37.3 Å². The van der Waals surface area contributed by atoms with Gasteiger partial charge >= 0.3 is 0 Å². The molecule has 0 aliphatic carbocycles. The van der Waals surface area contributed by atoms with E-state index >= 15 is 0 Å². The van der Waals surface area contributed by atoms with Gasteiger partial charge in [-0.3, -0.25) is 4.79 Å². The monoisotopic (exact) mass is 389 g/mol. The normalized spacial score (nSPS) is 14.9. The lowest BCUT2D eigenvalue weighted by Crippen LogP contribution is -2.48. The lowest BCUT2D eigenvalue weighted by Gasteiger charge is -2.33. The molecule has 0 radical (unpaired) electrons. The maximum Gasteiger partial charge on any atom is 0.274 e. The van der Waals surface area contributed by atoms with E-state index in [0.29, 0.717) is 22.3 Å². The van der Waals surface area contributed by atoms with Crippen molar-refractivity contribution < 1.29 is 9.53 Å². The van der Waals surface area contributed by atoms with E-state index in [2.05, 4.69) is 27.3 Å². The standard InChI is InChI=1S/C19H24ClN5O2/c1-4-24-7-9-25(10-8-24)19(26)15-5-6-18(23-22-15)21-16-11-13(2)14(20)12-17(16)27-3/h5-6,11-12H,4,7-10H2,1-3H3,(H,21,23). The number of hydrogen-bond acceptors (Lipinski definition) is 6. The fourth-order valence-corrected chi connectivity index (χ4v) is 3.16. The van der Waals surface area contributed by atoms with Crippen LogP contribution < -0.4 is 10.1 Å². The van der Waals surface area contributed by atoms with E-state index in [0.717, 1.165) is 44.0 Å². The number of ether oxygens (including phenoxy) is 1. The second-order valence-corrected chi connectivity index (χ2v) is 6.86. The molecule has 7 nitrogen and oxygen atoms in total. The number of benzene rings is 1. The van der Waals surface area contributed by atoms with Crippen LogP contribution in [0.2, 0.25) is 5.02 Å². The van der Waals surface area contributed by atoms with Gasteiger partial charge in [-0.05, 0) is 37.2 Å². The summed E-state index contributed by atoms with van der Waals surface area (Å²) in [6.07, 6.45) is 0. The SMILES string of the molecule is CCN1CCN(C(=O)c2ccc(Nc3cc(C)c(Cl)cc3OC)nn2)CC1. The van der Waals surface area contributed by atoms with Crippen LogP contribution in [0.25, 0.3) is 0 Å². The van der Waals surface area contributed by atoms with Crippen LogP contribution in [-0.4, -0.2) is 65.7 Å². The molecule has 0 unspecified atom stereocenters. The maximum atomic E-state index is 12.6. The zero-order valence-electron chi connectivity index (χ0n) is 15.8. The van der Waals surface area contributed by atoms with Crippen LogP contribution in [0.15, 0.2) is 24.3 Å². The third-order valence-electron chi connectivity index (χ3n) is 4.73. The predicted molar refractivity (Wildman–Crippen MR) is 106 cm³/mol. The number of hydrogen-bond donors (Lipinski definition) is 1. The van der Waals surface area contributed by atoms with E-state index in [1.54, 1.807) is 25.3 Å². The molecule has 1 aromatic heterocycles. The van der Waals surface area contributed by atoms with E-state index in [1.807, 2.05) is 17.9 Å². The summed E-state index contributed by atoms with van der Waals surface area (Å²) in [6, 6.07) is 7.07. The molecular weight excluding hydrogens is 366 g/mol. The second-order valence-electron chi connectivity index (χ2n) is 6.46. The molecule has 2 aromatic rings. The summed E-state index contributed by atoms with van der Waals surface area (Å²) in [5.41, 5.74) is 2.01. The van der Waals surface area contributed by atoms with Crippen molar-refractivity contribution in [3.63, 3.8) is 0 Å². The molecule has 0 bridgehead atoms. The van der Waals surface area contributed by atoms with Crippen molar-refractivity contribution in [1.29, 1.82) is 0 Å². The average molecular weight is 390 g/mol. The van der Waals surface area contributed by atoms with Crippen LogP contribution in [0, 0.1) is 6.92 Å². The van der Waals surface area contributed by atoms with E-state index < -0.39 is 0 Å². The van der Waals surface area contributed by atoms with Gasteiger partial charge in [-0.1, -0.05) is 18.5 Å². The summed E-state index contributed by atoms with van der Waals surface area (Å²) in [5, 5.41) is 12.0. The van der Waals surface area contributed by atoms with Gasteiger partial charge in [0.05, 0.1) is 12.8 Å². The Labute approximate surface area is 164 Å². The second kappa shape index (κ2) is 8.54. The van der Waals surface area contributed by atoms with Gasteiger partial charge in [0.2, 0.25) is 0 Å². The van der Waals surface area contributed by atoms with Gasteiger partial charge in [-0.25, -0.2) is 0 Å². The largest absolute Gasteiger partial charge is 0.495 e. The van der Waals surface area contributed by atoms with Gasteiger partial charge in [-0.2, -0.15) is 0 Å². The molecule has 1 aliphatic heterocycles. The minimum Gasteiger partial charge on any atom is -0.495 e. The first-order chi connectivity index (χ1) is 13.0. The maximum absolute atomic E-state index is 12.6. The lowest BCUT2D eigenvalue weighted by molar-refractivity contribution is 0.0636. The molecule has 0 saturated carbocycles. The number of halogens is 1. The minimum atomic E-state index is -0.0790. The van der Waals surface area contributed by atoms with Crippen molar-refractivity contribution in [2.24, 2.45) is 0 Å². The number of nitrogens with zero attached hydrogens (tertiary/aromatic N) is 4. The predicted octanol–water partition coefficient (Wildman–Crippen LogP) is 2.97. The smallest absolute Gasteiger partial charge is 0.274 e. The van der Waals surface area contributed by atoms with Crippen molar-refractivity contribution in [2.75, 3.05) is 45.2 Å². The van der Waals surface area contributed by atoms with Crippen LogP contribution in [0.3, 0.4) is 0 Å². The van der Waals surface area contributed by atoms with Crippen LogP contribution in [-0.2, 0) is 0 Å². The Morgan fingerprint density at radius 3 is 2.56 bits per heavy atom. The topological polar surface area (TPSA) is 70.6 Å². The van der Waals surface area contributed by atoms with Crippen molar-refractivity contribution in [3.05, 3.63) is 40.5 Å². The Morgan fingerprint density at radius 2 is 1.96 bits per heavy atom. The summed E-state index contributed by atoms with van der Waals surface area (Å²) in [7, 11) is 1.58. The van der Waals surface area contributed by atoms with E-state index in [-0.39, 0.29) is 5.91 Å². The Hall–Kier alpha value is -2.38. The van der Waals surface area contributed by atoms with Crippen molar-refractivity contribution in [2.45, 2.75) is 13.8 Å². The molecule has 1 N–H and O–H groups in total. The first kappa shape index (κ1) is 19.4. The molecule has 1 aromatic carbocycles. The molecule has 2 heterocycles. The number of piperazine rings is 1. The van der Waals surface area contributed by atoms with Crippen LogP contribution >= 0.6 is 11.6 Å². The summed E-state index contributed by atoms with van der Waals surface area (Å²) in [6.45, 7) is 8.28. The van der Waals surface area contributed by atoms with Crippen molar-refractivity contribution >= 4 is 29.0 Å². The third-order valence-corrected chi connectivity index (χ3v) is 5.14. The molecule has 1 aliphatic rings. The van der Waals surface area contributed by atoms with Gasteiger partial charge in [-0.15, -0.1) is 10.2 Å². The van der Waals surface area contributed by atoms with E-state index in [9.17, 15) is 4.79 Å². The van der Waals surface area contributed by atoms with Gasteiger partial charge in [0.25, 0.3) is 5.91 Å². The Morgan fingerprint density at radius 1 is 1.22 bits per heavy atom. The number of carbonyl (C=O) groups excluding carboxylic acids is 1. The average Bonchev–Trinajstić information content (AvgIpc) is 2.70. The molecule has 8 heteroatoms. The van der Waals surface area contributed by atoms with Crippen molar-refractivity contribution in [3.8, 4) is 5.75 Å². The number of methoxy groups -OCH3 is 1. The summed E-state index contributed by atoms with van der Waals surface area (Å²) in [5.74, 6) is 1.06. The minimum absolute atomic E-state index is 0.0790. The highest BCUT2D eigenvalue weighted by Crippen LogP contribution is 2.32.